The topological polar surface area (TPSA) is 75.5 Å². The molecule has 3 aliphatic heterocycles. The first kappa shape index (κ1) is 30.1. The molecule has 45 heavy (non-hydrogen) atoms. The Morgan fingerprint density at radius 1 is 0.933 bits per heavy atom. The van der Waals surface area contributed by atoms with Crippen molar-refractivity contribution in [1.29, 1.82) is 0 Å². The van der Waals surface area contributed by atoms with Gasteiger partial charge in [0.05, 0.1) is 21.5 Å². The summed E-state index contributed by atoms with van der Waals surface area (Å²) in [7, 11) is -3.68. The van der Waals surface area contributed by atoms with Crippen LogP contribution in [0, 0.1) is 12.7 Å². The number of benzene rings is 3. The highest BCUT2D eigenvalue weighted by Gasteiger charge is 2.44. The second-order valence-electron chi connectivity index (χ2n) is 13.4. The van der Waals surface area contributed by atoms with Crippen LogP contribution in [0.15, 0.2) is 77.7 Å². The van der Waals surface area contributed by atoms with Gasteiger partial charge in [0.25, 0.3) is 5.91 Å². The van der Waals surface area contributed by atoms with Crippen molar-refractivity contribution in [2.45, 2.75) is 80.3 Å². The summed E-state index contributed by atoms with van der Waals surface area (Å²) in [5.41, 5.74) is 3.43. The van der Waals surface area contributed by atoms with Crippen LogP contribution in [0.25, 0.3) is 11.0 Å². The van der Waals surface area contributed by atoms with Gasteiger partial charge in [-0.25, -0.2) is 17.8 Å². The van der Waals surface area contributed by atoms with Crippen LogP contribution in [0.4, 0.5) is 4.39 Å². The molecule has 3 aromatic carbocycles. The molecule has 1 aromatic heterocycles. The quantitative estimate of drug-likeness (QED) is 0.224. The van der Waals surface area contributed by atoms with Crippen LogP contribution in [-0.2, 0) is 15.3 Å². The molecule has 7 nitrogen and oxygen atoms in total. The van der Waals surface area contributed by atoms with E-state index in [1.807, 2.05) is 6.07 Å². The van der Waals surface area contributed by atoms with Crippen molar-refractivity contribution >= 4 is 26.8 Å². The van der Waals surface area contributed by atoms with Crippen molar-refractivity contribution in [3.63, 3.8) is 0 Å². The molecule has 0 spiro atoms. The minimum atomic E-state index is -3.68. The molecule has 236 valence electrons. The van der Waals surface area contributed by atoms with Crippen LogP contribution in [0.1, 0.15) is 72.7 Å². The number of fused-ring (bicyclic) bond motifs is 3. The van der Waals surface area contributed by atoms with Crippen LogP contribution in [0.3, 0.4) is 0 Å². The van der Waals surface area contributed by atoms with Gasteiger partial charge in [-0.3, -0.25) is 9.69 Å². The van der Waals surface area contributed by atoms with Crippen LogP contribution in [0.5, 0.6) is 0 Å². The number of piperidine rings is 2. The smallest absolute Gasteiger partial charge is 0.255 e. The Kier molecular flexibility index (Phi) is 7.80. The van der Waals surface area contributed by atoms with Gasteiger partial charge in [0, 0.05) is 37.5 Å². The minimum Gasteiger partial charge on any atom is -0.339 e. The maximum atomic E-state index is 14.2. The first-order chi connectivity index (χ1) is 21.6. The lowest BCUT2D eigenvalue weighted by Gasteiger charge is -2.45. The lowest BCUT2D eigenvalue weighted by Crippen LogP contribution is -2.49. The van der Waals surface area contributed by atoms with Gasteiger partial charge in [0.2, 0.25) is 0 Å². The van der Waals surface area contributed by atoms with Crippen LogP contribution in [-0.4, -0.2) is 71.6 Å². The number of rotatable bonds is 7. The van der Waals surface area contributed by atoms with Gasteiger partial charge in [-0.1, -0.05) is 42.5 Å². The number of carbonyl (C=O) groups excluding carboxylic acids is 1. The molecular weight excluding hydrogens is 587 g/mol. The van der Waals surface area contributed by atoms with Gasteiger partial charge >= 0.3 is 0 Å². The number of para-hydroxylation sites is 2. The Morgan fingerprint density at radius 2 is 1.60 bits per heavy atom. The molecule has 4 heterocycles. The summed E-state index contributed by atoms with van der Waals surface area (Å²) in [6.45, 7) is 4.13. The second-order valence-corrected chi connectivity index (χ2v) is 15.4. The zero-order valence-corrected chi connectivity index (χ0v) is 26.8. The molecule has 0 N–H and O–H groups in total. The summed E-state index contributed by atoms with van der Waals surface area (Å²) in [4.78, 5) is 22.8. The van der Waals surface area contributed by atoms with Gasteiger partial charge in [-0.2, -0.15) is 0 Å². The van der Waals surface area contributed by atoms with Gasteiger partial charge in [-0.05, 0) is 99.7 Å². The summed E-state index contributed by atoms with van der Waals surface area (Å²) in [5.74, 6) is 0.0653. The average Bonchev–Trinajstić information content (AvgIpc) is 3.49. The summed E-state index contributed by atoms with van der Waals surface area (Å²) in [6, 6.07) is 24.0. The van der Waals surface area contributed by atoms with Crippen molar-refractivity contribution in [2.75, 3.05) is 25.9 Å². The van der Waals surface area contributed by atoms with Crippen molar-refractivity contribution in [2.24, 2.45) is 0 Å². The van der Waals surface area contributed by atoms with E-state index >= 15 is 0 Å². The summed E-state index contributed by atoms with van der Waals surface area (Å²) < 4.78 is 41.4. The normalized spacial score (nSPS) is 23.4. The Balaban J connectivity index is 1.08. The van der Waals surface area contributed by atoms with E-state index in [1.165, 1.54) is 30.0 Å². The van der Waals surface area contributed by atoms with Crippen molar-refractivity contribution in [1.82, 2.24) is 19.4 Å². The van der Waals surface area contributed by atoms with Crippen molar-refractivity contribution in [3.8, 4) is 0 Å². The van der Waals surface area contributed by atoms with E-state index in [-0.39, 0.29) is 15.9 Å². The third kappa shape index (κ3) is 5.58. The predicted octanol–water partition coefficient (Wildman–Crippen LogP) is 6.32. The van der Waals surface area contributed by atoms with E-state index in [0.29, 0.717) is 31.2 Å². The molecule has 3 fully saturated rings. The standard InChI is InChI=1S/C36H41FN4O3S/c1-25-38-32-10-6-7-11-33(32)41(25)30-23-28-13-14-29(24-30)40(28)21-18-36(26-8-4-3-5-9-26)16-19-39(20-17-36)35(42)31-22-27(37)12-15-34(31)45(2,43)44/h3-12,15,22,28-30H,13-14,16-21,23-24H2,1-2H3. The molecule has 7 rings (SSSR count). The minimum absolute atomic E-state index is 0.0786. The third-order valence-electron chi connectivity index (χ3n) is 10.8. The number of sulfone groups is 1. The van der Waals surface area contributed by atoms with Gasteiger partial charge < -0.3 is 9.47 Å². The van der Waals surface area contributed by atoms with E-state index in [9.17, 15) is 17.6 Å². The molecule has 0 saturated carbocycles. The molecule has 2 atom stereocenters. The molecule has 2 unspecified atom stereocenters. The molecule has 9 heteroatoms. The number of aromatic nitrogens is 2. The number of imidazole rings is 1. The van der Waals surface area contributed by atoms with E-state index in [1.54, 1.807) is 4.90 Å². The number of amides is 1. The summed E-state index contributed by atoms with van der Waals surface area (Å²) >= 11 is 0. The molecule has 2 bridgehead atoms. The van der Waals surface area contributed by atoms with E-state index < -0.39 is 21.6 Å². The average molecular weight is 629 g/mol. The van der Waals surface area contributed by atoms with Crippen LogP contribution >= 0.6 is 0 Å². The maximum Gasteiger partial charge on any atom is 0.255 e. The zero-order chi connectivity index (χ0) is 31.3. The number of nitrogens with zero attached hydrogens (tertiary/aromatic N) is 4. The van der Waals surface area contributed by atoms with E-state index in [0.717, 1.165) is 68.4 Å². The summed E-state index contributed by atoms with van der Waals surface area (Å²) in [5, 5.41) is 0. The molecule has 4 aromatic rings. The molecule has 3 aliphatic rings. The fourth-order valence-corrected chi connectivity index (χ4v) is 9.43. The SMILES string of the molecule is Cc1nc2ccccc2n1C1CC2CCC(C1)N2CCC1(c2ccccc2)CCN(C(=O)c2cc(F)ccc2S(C)(=O)=O)CC1. The fourth-order valence-electron chi connectivity index (χ4n) is 8.57. The van der Waals surface area contributed by atoms with Crippen molar-refractivity contribution in [3.05, 3.63) is 95.6 Å². The molecular formula is C36H41FN4O3S. The highest BCUT2D eigenvalue weighted by atomic mass is 32.2. The Bertz CT molecular complexity index is 1820. The van der Waals surface area contributed by atoms with E-state index in [2.05, 4.69) is 64.9 Å². The van der Waals surface area contributed by atoms with Crippen LogP contribution in [0.2, 0.25) is 0 Å². The molecule has 3 saturated heterocycles. The number of aryl methyl sites for hydroxylation is 1. The van der Waals surface area contributed by atoms with Crippen LogP contribution < -0.4 is 0 Å². The van der Waals surface area contributed by atoms with Crippen molar-refractivity contribution < 1.29 is 17.6 Å². The Labute approximate surface area is 265 Å². The fraction of sp³-hybridized carbons (Fsp3) is 0.444. The first-order valence-electron chi connectivity index (χ1n) is 16.2. The molecule has 0 aliphatic carbocycles. The number of halogens is 1. The highest BCUT2D eigenvalue weighted by molar-refractivity contribution is 7.90. The van der Waals surface area contributed by atoms with Gasteiger partial charge in [-0.15, -0.1) is 0 Å². The zero-order valence-electron chi connectivity index (χ0n) is 26.0. The second kappa shape index (κ2) is 11.7. The monoisotopic (exact) mass is 628 g/mol. The summed E-state index contributed by atoms with van der Waals surface area (Å²) in [6.07, 6.45) is 8.33. The molecule has 0 radical (unpaired) electrons. The van der Waals surface area contributed by atoms with E-state index in [4.69, 9.17) is 4.98 Å². The maximum absolute atomic E-state index is 14.2. The first-order valence-corrected chi connectivity index (χ1v) is 18.1. The number of hydrogen-bond donors (Lipinski definition) is 0. The predicted molar refractivity (Wildman–Crippen MR) is 174 cm³/mol. The Hall–Kier alpha value is -3.56. The number of carbonyl (C=O) groups is 1. The largest absolute Gasteiger partial charge is 0.339 e. The highest BCUT2D eigenvalue weighted by Crippen LogP contribution is 2.45. The molecule has 1 amide bonds. The van der Waals surface area contributed by atoms with Gasteiger partial charge in [0.15, 0.2) is 9.84 Å². The lowest BCUT2D eigenvalue weighted by atomic mass is 9.70. The Morgan fingerprint density at radius 3 is 2.29 bits per heavy atom. The number of likely N-dealkylation sites (tertiary alicyclic amines) is 1. The lowest BCUT2D eigenvalue weighted by molar-refractivity contribution is 0.0603. The third-order valence-corrected chi connectivity index (χ3v) is 12.0. The van der Waals surface area contributed by atoms with Gasteiger partial charge in [0.1, 0.15) is 11.6 Å². The number of hydrogen-bond acceptors (Lipinski definition) is 5.